The summed E-state index contributed by atoms with van der Waals surface area (Å²) in [5.41, 5.74) is 3.87. The summed E-state index contributed by atoms with van der Waals surface area (Å²) in [7, 11) is 0. The van der Waals surface area contributed by atoms with E-state index in [4.69, 9.17) is 21.2 Å². The molecule has 0 spiro atoms. The summed E-state index contributed by atoms with van der Waals surface area (Å²) in [4.78, 5) is 23.8. The van der Waals surface area contributed by atoms with Gasteiger partial charge in [0.15, 0.2) is 5.76 Å². The number of halogens is 1. The van der Waals surface area contributed by atoms with Crippen molar-refractivity contribution in [1.82, 2.24) is 5.48 Å². The number of carbonyl (C=O) groups is 2. The predicted octanol–water partition coefficient (Wildman–Crippen LogP) is 4.17. The molecule has 0 unspecified atom stereocenters. The number of hydrogen-bond acceptors (Lipinski definition) is 4. The molecule has 0 saturated heterocycles. The molecule has 7 heteroatoms. The third-order valence-corrected chi connectivity index (χ3v) is 4.07. The van der Waals surface area contributed by atoms with E-state index in [9.17, 15) is 9.59 Å². The van der Waals surface area contributed by atoms with Crippen LogP contribution in [0.15, 0.2) is 53.0 Å². The second kappa shape index (κ2) is 7.43. The van der Waals surface area contributed by atoms with E-state index in [0.29, 0.717) is 27.4 Å². The van der Waals surface area contributed by atoms with Crippen LogP contribution >= 0.6 is 11.6 Å². The molecule has 2 amide bonds. The van der Waals surface area contributed by atoms with E-state index in [1.807, 2.05) is 0 Å². The van der Waals surface area contributed by atoms with Gasteiger partial charge in [0.2, 0.25) is 0 Å². The van der Waals surface area contributed by atoms with Gasteiger partial charge in [-0.1, -0.05) is 29.8 Å². The van der Waals surface area contributed by atoms with E-state index in [2.05, 4.69) is 5.32 Å². The number of anilines is 1. The Labute approximate surface area is 154 Å². The van der Waals surface area contributed by atoms with Gasteiger partial charge in [0.1, 0.15) is 5.58 Å². The highest BCUT2D eigenvalue weighted by Crippen LogP contribution is 2.28. The maximum atomic E-state index is 12.7. The van der Waals surface area contributed by atoms with Crippen molar-refractivity contribution >= 4 is 46.1 Å². The van der Waals surface area contributed by atoms with Crippen LogP contribution in [0.25, 0.3) is 17.0 Å². The van der Waals surface area contributed by atoms with Crippen molar-refractivity contribution in [3.05, 3.63) is 70.5 Å². The maximum Gasteiger partial charge on any atom is 0.291 e. The second-order valence-corrected chi connectivity index (χ2v) is 5.98. The number of nitrogens with one attached hydrogen (secondary N) is 2. The minimum absolute atomic E-state index is 0.189. The summed E-state index contributed by atoms with van der Waals surface area (Å²) < 4.78 is 5.66. The number of amides is 2. The smallest absolute Gasteiger partial charge is 0.291 e. The first-order chi connectivity index (χ1) is 12.5. The quantitative estimate of drug-likeness (QED) is 0.365. The van der Waals surface area contributed by atoms with Gasteiger partial charge in [-0.05, 0) is 42.8 Å². The molecule has 3 N–H and O–H groups in total. The van der Waals surface area contributed by atoms with Gasteiger partial charge in [0.05, 0.1) is 0 Å². The highest BCUT2D eigenvalue weighted by molar-refractivity contribution is 6.31. The van der Waals surface area contributed by atoms with Gasteiger partial charge in [-0.3, -0.25) is 14.8 Å². The molecule has 3 aromatic rings. The van der Waals surface area contributed by atoms with Crippen molar-refractivity contribution in [2.24, 2.45) is 0 Å². The number of fused-ring (bicyclic) bond motifs is 1. The van der Waals surface area contributed by atoms with Crippen LogP contribution in [-0.2, 0) is 4.79 Å². The standard InChI is InChI=1S/C19H15ClN2O4/c1-11-14-10-13(20)7-8-16(14)26-18(11)19(24)21-15-5-3-2-4-12(15)6-9-17(23)22-25/h2-10,25H,1H3,(H,21,24)(H,22,23). The zero-order chi connectivity index (χ0) is 18.7. The van der Waals surface area contributed by atoms with E-state index in [-0.39, 0.29) is 5.76 Å². The molecule has 0 atom stereocenters. The largest absolute Gasteiger partial charge is 0.451 e. The zero-order valence-electron chi connectivity index (χ0n) is 13.7. The molecular formula is C19H15ClN2O4. The van der Waals surface area contributed by atoms with Gasteiger partial charge in [0, 0.05) is 27.7 Å². The van der Waals surface area contributed by atoms with Crippen molar-refractivity contribution in [2.45, 2.75) is 6.92 Å². The Kier molecular flexibility index (Phi) is 5.06. The predicted molar refractivity (Wildman–Crippen MR) is 99.3 cm³/mol. The Hall–Kier alpha value is -3.09. The number of rotatable bonds is 4. The third kappa shape index (κ3) is 3.61. The molecule has 2 aromatic carbocycles. The summed E-state index contributed by atoms with van der Waals surface area (Å²) in [6.45, 7) is 1.79. The normalized spacial score (nSPS) is 11.0. The van der Waals surface area contributed by atoms with E-state index in [1.54, 1.807) is 49.4 Å². The number of furan rings is 1. The number of hydrogen-bond donors (Lipinski definition) is 3. The van der Waals surface area contributed by atoms with Gasteiger partial charge in [-0.15, -0.1) is 0 Å². The second-order valence-electron chi connectivity index (χ2n) is 5.55. The summed E-state index contributed by atoms with van der Waals surface area (Å²) in [6.07, 6.45) is 2.63. The lowest BCUT2D eigenvalue weighted by atomic mass is 10.1. The van der Waals surface area contributed by atoms with Crippen LogP contribution in [0.1, 0.15) is 21.7 Å². The first-order valence-corrected chi connectivity index (χ1v) is 8.08. The monoisotopic (exact) mass is 370 g/mol. The summed E-state index contributed by atoms with van der Waals surface area (Å²) >= 11 is 6.00. The van der Waals surface area contributed by atoms with Crippen molar-refractivity contribution in [3.8, 4) is 0 Å². The van der Waals surface area contributed by atoms with Crippen LogP contribution in [0.4, 0.5) is 5.69 Å². The first kappa shape index (κ1) is 17.7. The van der Waals surface area contributed by atoms with Crippen LogP contribution in [0.5, 0.6) is 0 Å². The van der Waals surface area contributed by atoms with Crippen LogP contribution < -0.4 is 10.8 Å². The number of carbonyl (C=O) groups excluding carboxylic acids is 2. The molecule has 132 valence electrons. The summed E-state index contributed by atoms with van der Waals surface area (Å²) in [6, 6.07) is 12.1. The van der Waals surface area contributed by atoms with Gasteiger partial charge < -0.3 is 9.73 Å². The average molecular weight is 371 g/mol. The fraction of sp³-hybridized carbons (Fsp3) is 0.0526. The molecular weight excluding hydrogens is 356 g/mol. The highest BCUT2D eigenvalue weighted by atomic mass is 35.5. The Balaban J connectivity index is 1.90. The summed E-state index contributed by atoms with van der Waals surface area (Å²) in [5, 5.41) is 12.7. The molecule has 1 aromatic heterocycles. The topological polar surface area (TPSA) is 91.6 Å². The number of benzene rings is 2. The Bertz CT molecular complexity index is 1020. The Morgan fingerprint density at radius 3 is 2.73 bits per heavy atom. The fourth-order valence-corrected chi connectivity index (χ4v) is 2.72. The molecule has 0 saturated carbocycles. The molecule has 0 bridgehead atoms. The fourth-order valence-electron chi connectivity index (χ4n) is 2.55. The third-order valence-electron chi connectivity index (χ3n) is 3.84. The average Bonchev–Trinajstić information content (AvgIpc) is 2.97. The molecule has 3 rings (SSSR count). The molecule has 0 aliphatic heterocycles. The first-order valence-electron chi connectivity index (χ1n) is 7.71. The van der Waals surface area contributed by atoms with Crippen LogP contribution in [-0.4, -0.2) is 17.0 Å². The molecule has 6 nitrogen and oxygen atoms in total. The van der Waals surface area contributed by atoms with E-state index < -0.39 is 11.8 Å². The van der Waals surface area contributed by atoms with Crippen molar-refractivity contribution in [1.29, 1.82) is 0 Å². The van der Waals surface area contributed by atoms with Crippen molar-refractivity contribution < 1.29 is 19.2 Å². The molecule has 26 heavy (non-hydrogen) atoms. The lowest BCUT2D eigenvalue weighted by Gasteiger charge is -2.07. The van der Waals surface area contributed by atoms with E-state index in [1.165, 1.54) is 11.6 Å². The van der Waals surface area contributed by atoms with Crippen LogP contribution in [0, 0.1) is 6.92 Å². The molecule has 0 fully saturated rings. The molecule has 0 aliphatic carbocycles. The minimum Gasteiger partial charge on any atom is -0.451 e. The molecule has 0 radical (unpaired) electrons. The zero-order valence-corrected chi connectivity index (χ0v) is 14.5. The van der Waals surface area contributed by atoms with Gasteiger partial charge >= 0.3 is 0 Å². The molecule has 0 aliphatic rings. The number of aryl methyl sites for hydroxylation is 1. The van der Waals surface area contributed by atoms with Crippen molar-refractivity contribution in [2.75, 3.05) is 5.32 Å². The minimum atomic E-state index is -0.670. The Morgan fingerprint density at radius 2 is 1.96 bits per heavy atom. The van der Waals surface area contributed by atoms with Gasteiger partial charge in [-0.25, -0.2) is 5.48 Å². The lowest BCUT2D eigenvalue weighted by Crippen LogP contribution is -2.15. The van der Waals surface area contributed by atoms with Crippen molar-refractivity contribution in [3.63, 3.8) is 0 Å². The van der Waals surface area contributed by atoms with E-state index in [0.717, 1.165) is 11.5 Å². The SMILES string of the molecule is Cc1c(C(=O)Nc2ccccc2C=CC(=O)NO)oc2ccc(Cl)cc12. The highest BCUT2D eigenvalue weighted by Gasteiger charge is 2.18. The van der Waals surface area contributed by atoms with Crippen LogP contribution in [0.3, 0.4) is 0 Å². The molecule has 1 heterocycles. The summed E-state index contributed by atoms with van der Waals surface area (Å²) in [5.74, 6) is -0.896. The number of hydroxylamine groups is 1. The number of para-hydroxylation sites is 1. The maximum absolute atomic E-state index is 12.7. The Morgan fingerprint density at radius 1 is 1.19 bits per heavy atom. The lowest BCUT2D eigenvalue weighted by molar-refractivity contribution is -0.124. The van der Waals surface area contributed by atoms with Crippen LogP contribution in [0.2, 0.25) is 5.02 Å². The van der Waals surface area contributed by atoms with E-state index >= 15 is 0 Å². The van der Waals surface area contributed by atoms with Gasteiger partial charge in [-0.2, -0.15) is 0 Å². The van der Waals surface area contributed by atoms with Gasteiger partial charge in [0.25, 0.3) is 11.8 Å².